The van der Waals surface area contributed by atoms with Crippen LogP contribution in [0.15, 0.2) is 43.0 Å². The highest BCUT2D eigenvalue weighted by atomic mass is 35.5. The molecule has 6 heteroatoms. The van der Waals surface area contributed by atoms with Crippen LogP contribution >= 0.6 is 11.6 Å². The van der Waals surface area contributed by atoms with Gasteiger partial charge in [0.2, 0.25) is 5.91 Å². The third kappa shape index (κ3) is 3.82. The van der Waals surface area contributed by atoms with Crippen molar-refractivity contribution in [2.75, 3.05) is 0 Å². The fourth-order valence-electron chi connectivity index (χ4n) is 1.87. The van der Waals surface area contributed by atoms with Crippen LogP contribution in [0.1, 0.15) is 18.6 Å². The Morgan fingerprint density at radius 2 is 2.15 bits per heavy atom. The van der Waals surface area contributed by atoms with Crippen molar-refractivity contribution in [2.24, 2.45) is 0 Å². The molecule has 0 aliphatic carbocycles. The number of hydrogen-bond acceptors (Lipinski definition) is 3. The largest absolute Gasteiger partial charge is 0.386 e. The number of imidazole rings is 1. The number of carbonyl (C=O) groups is 1. The van der Waals surface area contributed by atoms with E-state index in [0.29, 0.717) is 10.6 Å². The van der Waals surface area contributed by atoms with E-state index in [2.05, 4.69) is 10.3 Å². The molecule has 0 spiro atoms. The van der Waals surface area contributed by atoms with Crippen molar-refractivity contribution in [3.63, 3.8) is 0 Å². The van der Waals surface area contributed by atoms with E-state index in [1.165, 1.54) is 0 Å². The first kappa shape index (κ1) is 14.6. The molecule has 0 fully saturated rings. The zero-order chi connectivity index (χ0) is 14.5. The summed E-state index contributed by atoms with van der Waals surface area (Å²) < 4.78 is 1.66. The predicted molar refractivity (Wildman–Crippen MR) is 76.2 cm³/mol. The topological polar surface area (TPSA) is 67.2 Å². The minimum Gasteiger partial charge on any atom is -0.386 e. The van der Waals surface area contributed by atoms with Crippen LogP contribution in [0.4, 0.5) is 0 Å². The van der Waals surface area contributed by atoms with Crippen molar-refractivity contribution >= 4 is 17.5 Å². The average Bonchev–Trinajstić information content (AvgIpc) is 2.91. The first-order chi connectivity index (χ1) is 9.56. The van der Waals surface area contributed by atoms with Crippen LogP contribution in [0, 0.1) is 0 Å². The number of benzene rings is 1. The molecule has 0 saturated carbocycles. The molecule has 20 heavy (non-hydrogen) atoms. The quantitative estimate of drug-likeness (QED) is 0.883. The molecular weight excluding hydrogens is 278 g/mol. The van der Waals surface area contributed by atoms with Crippen molar-refractivity contribution in [2.45, 2.75) is 25.6 Å². The second-order valence-corrected chi connectivity index (χ2v) is 5.02. The summed E-state index contributed by atoms with van der Waals surface area (Å²) in [6, 6.07) is 6.50. The lowest BCUT2D eigenvalue weighted by Gasteiger charge is -2.20. The normalized spacial score (nSPS) is 13.8. The lowest BCUT2D eigenvalue weighted by molar-refractivity contribution is -0.123. The number of hydrogen-bond donors (Lipinski definition) is 2. The molecule has 5 nitrogen and oxygen atoms in total. The van der Waals surface area contributed by atoms with Gasteiger partial charge in [0, 0.05) is 17.4 Å². The molecule has 0 bridgehead atoms. The van der Waals surface area contributed by atoms with E-state index >= 15 is 0 Å². The monoisotopic (exact) mass is 293 g/mol. The van der Waals surface area contributed by atoms with Crippen LogP contribution in [-0.2, 0) is 11.3 Å². The number of halogens is 1. The minimum atomic E-state index is -0.779. The molecular formula is C14H16ClN3O2. The van der Waals surface area contributed by atoms with E-state index in [-0.39, 0.29) is 12.5 Å². The van der Waals surface area contributed by atoms with Crippen LogP contribution < -0.4 is 5.32 Å². The van der Waals surface area contributed by atoms with E-state index in [0.717, 1.165) is 0 Å². The number of amides is 1. The average molecular weight is 294 g/mol. The number of aliphatic hydroxyl groups excluding tert-OH is 1. The smallest absolute Gasteiger partial charge is 0.240 e. The van der Waals surface area contributed by atoms with Gasteiger partial charge in [-0.2, -0.15) is 0 Å². The van der Waals surface area contributed by atoms with Crippen LogP contribution in [-0.4, -0.2) is 26.6 Å². The van der Waals surface area contributed by atoms with Gasteiger partial charge in [-0.25, -0.2) is 4.98 Å². The molecule has 0 aliphatic rings. The Labute approximate surface area is 122 Å². The molecule has 2 rings (SSSR count). The number of carbonyl (C=O) groups excluding carboxylic acids is 1. The van der Waals surface area contributed by atoms with Gasteiger partial charge in [-0.3, -0.25) is 4.79 Å². The number of aliphatic hydroxyl groups is 1. The second-order valence-electron chi connectivity index (χ2n) is 4.59. The first-order valence-electron chi connectivity index (χ1n) is 6.25. The summed E-state index contributed by atoms with van der Waals surface area (Å²) in [6.45, 7) is 1.93. The standard InChI is InChI=1S/C14H16ClN3O2/c1-10(14(20)11-2-4-12(15)5-3-11)17-13(19)8-18-7-6-16-9-18/h2-7,9-10,14,20H,8H2,1H3,(H,17,19). The zero-order valence-corrected chi connectivity index (χ0v) is 11.8. The molecule has 2 atom stereocenters. The van der Waals surface area contributed by atoms with Gasteiger partial charge in [0.05, 0.1) is 18.5 Å². The molecule has 0 radical (unpaired) electrons. The number of nitrogens with one attached hydrogen (secondary N) is 1. The Bertz CT molecular complexity index is 554. The fourth-order valence-corrected chi connectivity index (χ4v) is 2.00. The van der Waals surface area contributed by atoms with Gasteiger partial charge in [0.15, 0.2) is 0 Å². The molecule has 106 valence electrons. The summed E-state index contributed by atoms with van der Waals surface area (Å²) in [6.07, 6.45) is 4.11. The molecule has 1 aromatic heterocycles. The van der Waals surface area contributed by atoms with E-state index in [9.17, 15) is 9.90 Å². The SMILES string of the molecule is CC(NC(=O)Cn1ccnc1)C(O)c1ccc(Cl)cc1. The van der Waals surface area contributed by atoms with Crippen LogP contribution in [0.5, 0.6) is 0 Å². The molecule has 2 unspecified atom stereocenters. The zero-order valence-electron chi connectivity index (χ0n) is 11.0. The summed E-state index contributed by atoms with van der Waals surface area (Å²) in [4.78, 5) is 15.7. The molecule has 0 aliphatic heterocycles. The third-order valence-electron chi connectivity index (χ3n) is 2.96. The predicted octanol–water partition coefficient (Wildman–Crippen LogP) is 1.77. The van der Waals surface area contributed by atoms with Crippen LogP contribution in [0.2, 0.25) is 5.02 Å². The minimum absolute atomic E-state index is 0.177. The first-order valence-corrected chi connectivity index (χ1v) is 6.62. The van der Waals surface area contributed by atoms with Gasteiger partial charge >= 0.3 is 0 Å². The Balaban J connectivity index is 1.91. The van der Waals surface area contributed by atoms with Gasteiger partial charge in [-0.05, 0) is 24.6 Å². The second kappa shape index (κ2) is 6.54. The summed E-state index contributed by atoms with van der Waals surface area (Å²) in [5, 5.41) is 13.5. The van der Waals surface area contributed by atoms with Crippen molar-refractivity contribution in [3.05, 3.63) is 53.6 Å². The van der Waals surface area contributed by atoms with Gasteiger partial charge in [-0.15, -0.1) is 0 Å². The van der Waals surface area contributed by atoms with Crippen LogP contribution in [0.3, 0.4) is 0 Å². The Hall–Kier alpha value is -1.85. The van der Waals surface area contributed by atoms with E-state index in [4.69, 9.17) is 11.6 Å². The van der Waals surface area contributed by atoms with Gasteiger partial charge in [0.1, 0.15) is 6.54 Å². The maximum absolute atomic E-state index is 11.8. The lowest BCUT2D eigenvalue weighted by atomic mass is 10.0. The molecule has 1 heterocycles. The Morgan fingerprint density at radius 1 is 1.45 bits per heavy atom. The van der Waals surface area contributed by atoms with Gasteiger partial charge in [-0.1, -0.05) is 23.7 Å². The number of nitrogens with zero attached hydrogens (tertiary/aromatic N) is 2. The van der Waals surface area contributed by atoms with Gasteiger partial charge in [0.25, 0.3) is 0 Å². The summed E-state index contributed by atoms with van der Waals surface area (Å²) in [7, 11) is 0. The highest BCUT2D eigenvalue weighted by Gasteiger charge is 2.18. The van der Waals surface area contributed by atoms with Gasteiger partial charge < -0.3 is 15.0 Å². The maximum Gasteiger partial charge on any atom is 0.240 e. The summed E-state index contributed by atoms with van der Waals surface area (Å²) in [5.74, 6) is -0.177. The molecule has 2 aromatic rings. The van der Waals surface area contributed by atoms with Crippen LogP contribution in [0.25, 0.3) is 0 Å². The Kier molecular flexibility index (Phi) is 4.76. The molecule has 2 N–H and O–H groups in total. The van der Waals surface area contributed by atoms with Crippen molar-refractivity contribution in [3.8, 4) is 0 Å². The van der Waals surface area contributed by atoms with Crippen molar-refractivity contribution < 1.29 is 9.90 Å². The third-order valence-corrected chi connectivity index (χ3v) is 3.21. The van der Waals surface area contributed by atoms with Crippen molar-refractivity contribution in [1.82, 2.24) is 14.9 Å². The number of rotatable bonds is 5. The maximum atomic E-state index is 11.8. The molecule has 1 amide bonds. The summed E-state index contributed by atoms with van der Waals surface area (Å²) >= 11 is 5.80. The Morgan fingerprint density at radius 3 is 2.75 bits per heavy atom. The number of aromatic nitrogens is 2. The summed E-state index contributed by atoms with van der Waals surface area (Å²) in [5.41, 5.74) is 0.713. The molecule has 0 saturated heterocycles. The highest BCUT2D eigenvalue weighted by molar-refractivity contribution is 6.30. The van der Waals surface area contributed by atoms with E-state index in [1.807, 2.05) is 0 Å². The lowest BCUT2D eigenvalue weighted by Crippen LogP contribution is -2.38. The fraction of sp³-hybridized carbons (Fsp3) is 0.286. The highest BCUT2D eigenvalue weighted by Crippen LogP contribution is 2.19. The molecule has 1 aromatic carbocycles. The van der Waals surface area contributed by atoms with E-state index < -0.39 is 12.1 Å². The van der Waals surface area contributed by atoms with Crippen molar-refractivity contribution in [1.29, 1.82) is 0 Å². The van der Waals surface area contributed by atoms with E-state index in [1.54, 1.807) is 54.5 Å².